The number of nitro groups is 1. The summed E-state index contributed by atoms with van der Waals surface area (Å²) in [5.41, 5.74) is 1.96. The summed E-state index contributed by atoms with van der Waals surface area (Å²) in [7, 11) is -4.96. The molecule has 21 heavy (non-hydrogen) atoms. The topological polar surface area (TPSA) is 136 Å². The van der Waals surface area contributed by atoms with Crippen molar-refractivity contribution in [2.24, 2.45) is 5.84 Å². The van der Waals surface area contributed by atoms with Crippen LogP contribution in [-0.2, 0) is 20.8 Å². The number of benzene rings is 1. The summed E-state index contributed by atoms with van der Waals surface area (Å²) in [4.78, 5) is 9.87. The predicted octanol–water partition coefficient (Wildman–Crippen LogP) is -0.367. The van der Waals surface area contributed by atoms with Crippen molar-refractivity contribution in [3.05, 3.63) is 28.3 Å². The van der Waals surface area contributed by atoms with Crippen LogP contribution >= 0.6 is 0 Å². The number of sulfonamides is 1. The lowest BCUT2D eigenvalue weighted by Crippen LogP contribution is -2.42. The van der Waals surface area contributed by atoms with Crippen molar-refractivity contribution in [1.29, 1.82) is 0 Å². The molecule has 0 amide bonds. The molecule has 0 atom stereocenters. The first-order chi connectivity index (χ1) is 9.86. The Labute approximate surface area is 123 Å². The first kappa shape index (κ1) is 15.8. The molecular weight excluding hydrogens is 320 g/mol. The summed E-state index contributed by atoms with van der Waals surface area (Å²) in [6.07, 6.45) is 0. The molecule has 1 aromatic rings. The van der Waals surface area contributed by atoms with Crippen molar-refractivity contribution < 1.29 is 17.6 Å². The summed E-state index contributed by atoms with van der Waals surface area (Å²) >= 11 is 0. The van der Waals surface area contributed by atoms with Crippen LogP contribution in [-0.4, -0.2) is 46.5 Å². The van der Waals surface area contributed by atoms with Crippen LogP contribution in [0.25, 0.3) is 0 Å². The van der Waals surface area contributed by atoms with Crippen LogP contribution in [0.4, 0.5) is 11.4 Å². The van der Waals surface area contributed by atoms with E-state index in [1.54, 1.807) is 0 Å². The Morgan fingerprint density at radius 1 is 1.33 bits per heavy atom. The molecule has 0 aliphatic carbocycles. The van der Waals surface area contributed by atoms with Gasteiger partial charge in [0, 0.05) is 47.5 Å². The zero-order chi connectivity index (χ0) is 15.6. The maximum atomic E-state index is 12.6. The minimum atomic E-state index is -3.93. The van der Waals surface area contributed by atoms with E-state index in [0.717, 1.165) is 10.4 Å². The summed E-state index contributed by atoms with van der Waals surface area (Å²) in [6, 6.07) is 3.38. The summed E-state index contributed by atoms with van der Waals surface area (Å²) in [5, 5.41) is 10.8. The number of hydrogen-bond donors (Lipinski definition) is 2. The maximum absolute atomic E-state index is 12.6. The lowest BCUT2D eigenvalue weighted by Gasteiger charge is -2.26. The number of hydrazine groups is 1. The van der Waals surface area contributed by atoms with Gasteiger partial charge in [0.15, 0.2) is 0 Å². The summed E-state index contributed by atoms with van der Waals surface area (Å²) in [5.74, 6) is 5.77. The lowest BCUT2D eigenvalue weighted by atomic mass is 10.3. The molecule has 3 N–H and O–H groups in total. The molecule has 0 unspecified atom stereocenters. The van der Waals surface area contributed by atoms with Crippen molar-refractivity contribution >= 4 is 32.2 Å². The largest absolute Gasteiger partial charge is 0.323 e. The van der Waals surface area contributed by atoms with Crippen LogP contribution in [0.2, 0.25) is 0 Å². The van der Waals surface area contributed by atoms with E-state index in [2.05, 4.69) is 5.43 Å². The predicted molar refractivity (Wildman–Crippen MR) is 77.5 cm³/mol. The Morgan fingerprint density at radius 2 is 1.95 bits per heavy atom. The monoisotopic (exact) mass is 334 g/mol. The van der Waals surface area contributed by atoms with E-state index in [9.17, 15) is 22.7 Å². The minimum absolute atomic E-state index is 0.0762. The zero-order valence-electron chi connectivity index (χ0n) is 10.9. The molecule has 0 bridgehead atoms. The molecule has 0 radical (unpaired) electrons. The Balaban J connectivity index is 2.45. The van der Waals surface area contributed by atoms with Gasteiger partial charge in [-0.05, 0) is 6.07 Å². The highest BCUT2D eigenvalue weighted by atomic mass is 32.2. The Morgan fingerprint density at radius 3 is 2.48 bits per heavy atom. The second-order valence-electron chi connectivity index (χ2n) is 4.33. The summed E-state index contributed by atoms with van der Waals surface area (Å²) in [6.45, 7) is 0.225. The van der Waals surface area contributed by atoms with E-state index in [1.807, 2.05) is 0 Å². The molecule has 1 fully saturated rings. The Bertz CT molecular complexity index is 681. The van der Waals surface area contributed by atoms with Crippen LogP contribution in [0.1, 0.15) is 0 Å². The van der Waals surface area contributed by atoms with Crippen molar-refractivity contribution in [2.45, 2.75) is 4.90 Å². The molecule has 1 aliphatic rings. The van der Waals surface area contributed by atoms with Crippen LogP contribution in [0.3, 0.4) is 0 Å². The van der Waals surface area contributed by atoms with E-state index in [1.165, 1.54) is 12.1 Å². The molecule has 11 heteroatoms. The van der Waals surface area contributed by atoms with Gasteiger partial charge in [-0.15, -0.1) is 0 Å². The van der Waals surface area contributed by atoms with E-state index in [4.69, 9.17) is 5.84 Å². The number of rotatable bonds is 4. The summed E-state index contributed by atoms with van der Waals surface area (Å²) < 4.78 is 37.6. The van der Waals surface area contributed by atoms with Gasteiger partial charge in [0.25, 0.3) is 5.69 Å². The molecule has 116 valence electrons. The van der Waals surface area contributed by atoms with Crippen molar-refractivity contribution in [3.8, 4) is 0 Å². The molecule has 9 nitrogen and oxygen atoms in total. The van der Waals surface area contributed by atoms with Gasteiger partial charge in [-0.2, -0.15) is 4.31 Å². The van der Waals surface area contributed by atoms with Gasteiger partial charge in [-0.1, -0.05) is 0 Å². The Hall–Kier alpha value is -1.56. The average Bonchev–Trinajstić information content (AvgIpc) is 2.46. The van der Waals surface area contributed by atoms with Crippen LogP contribution < -0.4 is 11.3 Å². The van der Waals surface area contributed by atoms with Crippen LogP contribution in [0.15, 0.2) is 23.1 Å². The van der Waals surface area contributed by atoms with Crippen molar-refractivity contribution in [2.75, 3.05) is 30.0 Å². The molecule has 2 rings (SSSR count). The number of anilines is 1. The zero-order valence-corrected chi connectivity index (χ0v) is 12.5. The molecule has 0 saturated carbocycles. The third-order valence-electron chi connectivity index (χ3n) is 3.09. The molecule has 1 saturated heterocycles. The van der Waals surface area contributed by atoms with E-state index < -0.39 is 25.7 Å². The standard InChI is InChI=1S/C10H14N4O5S2/c11-12-9-2-1-8(14(15)16)7-10(9)21(18,19)13-3-5-20(17)6-4-13/h1-2,7,12H,3-6,11H2. The fourth-order valence-corrected chi connectivity index (χ4v) is 4.86. The maximum Gasteiger partial charge on any atom is 0.270 e. The number of nitrogens with two attached hydrogens (primary N) is 1. The number of nitrogens with zero attached hydrogens (tertiary/aromatic N) is 2. The number of non-ortho nitro benzene ring substituents is 1. The molecule has 1 aromatic carbocycles. The van der Waals surface area contributed by atoms with Gasteiger partial charge in [0.1, 0.15) is 4.90 Å². The van der Waals surface area contributed by atoms with Crippen molar-refractivity contribution in [1.82, 2.24) is 4.31 Å². The fraction of sp³-hybridized carbons (Fsp3) is 0.400. The molecular formula is C10H14N4O5S2. The first-order valence-electron chi connectivity index (χ1n) is 5.96. The number of nitrogen functional groups attached to an aromatic ring is 1. The second kappa shape index (κ2) is 6.05. The highest BCUT2D eigenvalue weighted by molar-refractivity contribution is 7.89. The third kappa shape index (κ3) is 3.20. The SMILES string of the molecule is NNc1ccc([N+](=O)[O-])cc1S(=O)(=O)N1CCS(=O)CC1. The van der Waals surface area contributed by atoms with E-state index in [0.29, 0.717) is 0 Å². The highest BCUT2D eigenvalue weighted by Gasteiger charge is 2.31. The lowest BCUT2D eigenvalue weighted by molar-refractivity contribution is -0.385. The van der Waals surface area contributed by atoms with Gasteiger partial charge < -0.3 is 5.43 Å². The average molecular weight is 334 g/mol. The third-order valence-corrected chi connectivity index (χ3v) is 6.30. The fourth-order valence-electron chi connectivity index (χ4n) is 1.96. The van der Waals surface area contributed by atoms with Crippen LogP contribution in [0.5, 0.6) is 0 Å². The molecule has 0 aromatic heterocycles. The van der Waals surface area contributed by atoms with E-state index in [-0.39, 0.29) is 40.9 Å². The normalized spacial score (nSPS) is 17.6. The van der Waals surface area contributed by atoms with Gasteiger partial charge in [0.2, 0.25) is 10.0 Å². The van der Waals surface area contributed by atoms with Crippen LogP contribution in [0, 0.1) is 10.1 Å². The number of hydrogen-bond acceptors (Lipinski definition) is 7. The highest BCUT2D eigenvalue weighted by Crippen LogP contribution is 2.28. The molecule has 0 spiro atoms. The van der Waals surface area contributed by atoms with Gasteiger partial charge in [-0.3, -0.25) is 20.2 Å². The quantitative estimate of drug-likeness (QED) is 0.435. The molecule has 1 heterocycles. The molecule has 1 aliphatic heterocycles. The van der Waals surface area contributed by atoms with Gasteiger partial charge in [-0.25, -0.2) is 8.42 Å². The number of nitro benzene ring substituents is 1. The van der Waals surface area contributed by atoms with Crippen molar-refractivity contribution in [3.63, 3.8) is 0 Å². The second-order valence-corrected chi connectivity index (χ2v) is 7.94. The van der Waals surface area contributed by atoms with Gasteiger partial charge >= 0.3 is 0 Å². The van der Waals surface area contributed by atoms with Gasteiger partial charge in [0.05, 0.1) is 10.6 Å². The smallest absolute Gasteiger partial charge is 0.270 e. The Kier molecular flexibility index (Phi) is 4.56. The first-order valence-corrected chi connectivity index (χ1v) is 8.89. The van der Waals surface area contributed by atoms with E-state index >= 15 is 0 Å². The minimum Gasteiger partial charge on any atom is -0.323 e. The number of nitrogens with one attached hydrogen (secondary N) is 1.